The standard InChI is InChI=1S/C19H26N4O3/c1-2-23-16-6-4-3-5-15(16)21-17(23)13-20-19(24)22-9-7-14(8-10-22)18-25-11-12-26-18/h3-6,14,18H,2,7-13H2,1H3,(H,20,24). The van der Waals surface area contributed by atoms with Gasteiger partial charge in [-0.2, -0.15) is 0 Å². The second kappa shape index (κ2) is 7.63. The van der Waals surface area contributed by atoms with Gasteiger partial charge in [-0.25, -0.2) is 9.78 Å². The number of carbonyl (C=O) groups excluding carboxylic acids is 1. The van der Waals surface area contributed by atoms with Crippen molar-refractivity contribution in [3.63, 3.8) is 0 Å². The lowest BCUT2D eigenvalue weighted by molar-refractivity contribution is -0.0952. The SMILES string of the molecule is CCn1c(CNC(=O)N2CCC(C3OCCO3)CC2)nc2ccccc21. The first kappa shape index (κ1) is 17.3. The number of aromatic nitrogens is 2. The van der Waals surface area contributed by atoms with E-state index in [1.165, 1.54) is 0 Å². The Kier molecular flexibility index (Phi) is 5.08. The molecule has 140 valence electrons. The Morgan fingerprint density at radius 2 is 1.96 bits per heavy atom. The van der Waals surface area contributed by atoms with E-state index >= 15 is 0 Å². The number of benzene rings is 1. The number of carbonyl (C=O) groups is 1. The lowest BCUT2D eigenvalue weighted by Crippen LogP contribution is -2.46. The predicted molar refractivity (Wildman–Crippen MR) is 97.6 cm³/mol. The molecular formula is C19H26N4O3. The number of para-hydroxylation sites is 2. The lowest BCUT2D eigenvalue weighted by atomic mass is 9.96. The van der Waals surface area contributed by atoms with Crippen molar-refractivity contribution in [1.29, 1.82) is 0 Å². The van der Waals surface area contributed by atoms with Crippen LogP contribution in [0.2, 0.25) is 0 Å². The van der Waals surface area contributed by atoms with Crippen molar-refractivity contribution in [3.8, 4) is 0 Å². The van der Waals surface area contributed by atoms with Gasteiger partial charge in [-0.1, -0.05) is 12.1 Å². The van der Waals surface area contributed by atoms with E-state index in [2.05, 4.69) is 27.9 Å². The highest BCUT2D eigenvalue weighted by atomic mass is 16.7. The highest BCUT2D eigenvalue weighted by Gasteiger charge is 2.31. The smallest absolute Gasteiger partial charge is 0.317 e. The van der Waals surface area contributed by atoms with Gasteiger partial charge in [-0.05, 0) is 31.9 Å². The molecule has 2 aromatic rings. The molecule has 2 aliphatic heterocycles. The number of urea groups is 1. The molecule has 1 N–H and O–H groups in total. The fourth-order valence-electron chi connectivity index (χ4n) is 3.90. The highest BCUT2D eigenvalue weighted by Crippen LogP contribution is 2.25. The Morgan fingerprint density at radius 1 is 1.23 bits per heavy atom. The molecule has 0 saturated carbocycles. The molecule has 0 atom stereocenters. The van der Waals surface area contributed by atoms with Crippen LogP contribution in [-0.2, 0) is 22.6 Å². The van der Waals surface area contributed by atoms with Gasteiger partial charge in [0.05, 0.1) is 30.8 Å². The first-order chi connectivity index (χ1) is 12.8. The highest BCUT2D eigenvalue weighted by molar-refractivity contribution is 5.77. The van der Waals surface area contributed by atoms with E-state index in [9.17, 15) is 4.79 Å². The fraction of sp³-hybridized carbons (Fsp3) is 0.579. The van der Waals surface area contributed by atoms with E-state index < -0.39 is 0 Å². The zero-order valence-corrected chi connectivity index (χ0v) is 15.2. The molecule has 0 bridgehead atoms. The molecule has 0 unspecified atom stereocenters. The predicted octanol–water partition coefficient (Wildman–Crippen LogP) is 2.35. The van der Waals surface area contributed by atoms with Gasteiger partial charge in [0.1, 0.15) is 5.82 Å². The topological polar surface area (TPSA) is 68.6 Å². The lowest BCUT2D eigenvalue weighted by Gasteiger charge is -2.33. The molecule has 2 aliphatic rings. The fourth-order valence-corrected chi connectivity index (χ4v) is 3.90. The van der Waals surface area contributed by atoms with Crippen molar-refractivity contribution in [1.82, 2.24) is 19.8 Å². The number of hydrogen-bond donors (Lipinski definition) is 1. The van der Waals surface area contributed by atoms with E-state index in [1.54, 1.807) is 0 Å². The minimum Gasteiger partial charge on any atom is -0.350 e. The van der Waals surface area contributed by atoms with Gasteiger partial charge in [0.25, 0.3) is 0 Å². The number of hydrogen-bond acceptors (Lipinski definition) is 4. The number of imidazole rings is 1. The van der Waals surface area contributed by atoms with Crippen LogP contribution in [0.3, 0.4) is 0 Å². The molecule has 0 radical (unpaired) electrons. The van der Waals surface area contributed by atoms with E-state index in [0.717, 1.165) is 49.3 Å². The molecule has 2 fully saturated rings. The van der Waals surface area contributed by atoms with Crippen molar-refractivity contribution in [2.24, 2.45) is 5.92 Å². The number of fused-ring (bicyclic) bond motifs is 1. The van der Waals surface area contributed by atoms with Crippen molar-refractivity contribution >= 4 is 17.1 Å². The summed E-state index contributed by atoms with van der Waals surface area (Å²) in [5.41, 5.74) is 2.08. The van der Waals surface area contributed by atoms with Gasteiger partial charge in [0.2, 0.25) is 0 Å². The third kappa shape index (κ3) is 3.41. The average molecular weight is 358 g/mol. The third-order valence-corrected chi connectivity index (χ3v) is 5.31. The Balaban J connectivity index is 1.33. The van der Waals surface area contributed by atoms with E-state index in [4.69, 9.17) is 9.47 Å². The van der Waals surface area contributed by atoms with Crippen molar-refractivity contribution in [2.75, 3.05) is 26.3 Å². The number of nitrogens with zero attached hydrogens (tertiary/aromatic N) is 3. The van der Waals surface area contributed by atoms with Gasteiger partial charge in [-0.3, -0.25) is 0 Å². The molecular weight excluding hydrogens is 332 g/mol. The normalized spacial score (nSPS) is 19.3. The van der Waals surface area contributed by atoms with Gasteiger partial charge < -0.3 is 24.3 Å². The summed E-state index contributed by atoms with van der Waals surface area (Å²) in [6.45, 7) is 6.22. The number of likely N-dealkylation sites (tertiary alicyclic amines) is 1. The summed E-state index contributed by atoms with van der Waals surface area (Å²) in [6, 6.07) is 8.05. The van der Waals surface area contributed by atoms with Gasteiger partial charge >= 0.3 is 6.03 Å². The summed E-state index contributed by atoms with van der Waals surface area (Å²) in [7, 11) is 0. The van der Waals surface area contributed by atoms with Gasteiger partial charge in [0.15, 0.2) is 6.29 Å². The zero-order valence-electron chi connectivity index (χ0n) is 15.2. The molecule has 1 aromatic carbocycles. The van der Waals surface area contributed by atoms with Crippen LogP contribution in [-0.4, -0.2) is 53.1 Å². The van der Waals surface area contributed by atoms with Crippen LogP contribution in [0, 0.1) is 5.92 Å². The summed E-state index contributed by atoms with van der Waals surface area (Å²) in [4.78, 5) is 19.1. The molecule has 4 rings (SSSR count). The van der Waals surface area contributed by atoms with E-state index in [1.807, 2.05) is 23.1 Å². The largest absolute Gasteiger partial charge is 0.350 e. The first-order valence-corrected chi connectivity index (χ1v) is 9.46. The molecule has 2 saturated heterocycles. The number of ether oxygens (including phenoxy) is 2. The summed E-state index contributed by atoms with van der Waals surface area (Å²) >= 11 is 0. The number of piperidine rings is 1. The molecule has 7 nitrogen and oxygen atoms in total. The molecule has 2 amide bonds. The van der Waals surface area contributed by atoms with Crippen molar-refractivity contribution in [2.45, 2.75) is 39.1 Å². The molecule has 1 aromatic heterocycles. The Bertz CT molecular complexity index is 761. The number of aryl methyl sites for hydroxylation is 1. The molecule has 3 heterocycles. The summed E-state index contributed by atoms with van der Waals surface area (Å²) in [5.74, 6) is 1.29. The monoisotopic (exact) mass is 358 g/mol. The van der Waals surface area contributed by atoms with Crippen molar-refractivity contribution < 1.29 is 14.3 Å². The maximum Gasteiger partial charge on any atom is 0.317 e. The Labute approximate surface area is 153 Å². The first-order valence-electron chi connectivity index (χ1n) is 9.46. The van der Waals surface area contributed by atoms with E-state index in [0.29, 0.717) is 25.7 Å². The van der Waals surface area contributed by atoms with Crippen LogP contribution in [0.4, 0.5) is 4.79 Å². The van der Waals surface area contributed by atoms with E-state index in [-0.39, 0.29) is 12.3 Å². The average Bonchev–Trinajstić information content (AvgIpc) is 3.33. The van der Waals surface area contributed by atoms with Crippen LogP contribution in [0.15, 0.2) is 24.3 Å². The van der Waals surface area contributed by atoms with Crippen LogP contribution >= 0.6 is 0 Å². The van der Waals surface area contributed by atoms with Crippen molar-refractivity contribution in [3.05, 3.63) is 30.1 Å². The summed E-state index contributed by atoms with van der Waals surface area (Å²) in [5, 5.41) is 3.03. The van der Waals surface area contributed by atoms with Gasteiger partial charge in [0, 0.05) is 25.6 Å². The summed E-state index contributed by atoms with van der Waals surface area (Å²) in [6.07, 6.45) is 1.77. The maximum atomic E-state index is 12.5. The van der Waals surface area contributed by atoms with Crippen LogP contribution in [0.25, 0.3) is 11.0 Å². The number of nitrogens with one attached hydrogen (secondary N) is 1. The quantitative estimate of drug-likeness (QED) is 0.911. The third-order valence-electron chi connectivity index (χ3n) is 5.31. The second-order valence-corrected chi connectivity index (χ2v) is 6.85. The Morgan fingerprint density at radius 3 is 2.69 bits per heavy atom. The zero-order chi connectivity index (χ0) is 17.9. The minimum absolute atomic E-state index is 0.0218. The molecule has 7 heteroatoms. The number of rotatable bonds is 4. The second-order valence-electron chi connectivity index (χ2n) is 6.85. The maximum absolute atomic E-state index is 12.5. The van der Waals surface area contributed by atoms with Crippen LogP contribution in [0.1, 0.15) is 25.6 Å². The molecule has 26 heavy (non-hydrogen) atoms. The van der Waals surface area contributed by atoms with Crippen LogP contribution < -0.4 is 5.32 Å². The number of amides is 2. The Hall–Kier alpha value is -2.12. The van der Waals surface area contributed by atoms with Crippen LogP contribution in [0.5, 0.6) is 0 Å². The van der Waals surface area contributed by atoms with Gasteiger partial charge in [-0.15, -0.1) is 0 Å². The minimum atomic E-state index is -0.0790. The summed E-state index contributed by atoms with van der Waals surface area (Å²) < 4.78 is 13.3. The molecule has 0 aliphatic carbocycles. The molecule has 0 spiro atoms.